The van der Waals surface area contributed by atoms with Gasteiger partial charge in [-0.25, -0.2) is 0 Å². The zero-order valence-corrected chi connectivity index (χ0v) is 6.56. The quantitative estimate of drug-likeness (QED) is 0.635. The lowest BCUT2D eigenvalue weighted by Crippen LogP contribution is -2.47. The molecule has 2 atom stereocenters. The molecule has 0 aromatic carbocycles. The fourth-order valence-electron chi connectivity index (χ4n) is 2.07. The van der Waals surface area contributed by atoms with Gasteiger partial charge in [-0.3, -0.25) is 4.90 Å². The van der Waals surface area contributed by atoms with E-state index in [1.807, 2.05) is 0 Å². The second-order valence-electron chi connectivity index (χ2n) is 3.54. The SMILES string of the molecule is FC(F)(F)CN1C[C@@H]2C[C@H]1CN2. The largest absolute Gasteiger partial charge is 0.401 e. The average Bonchev–Trinajstić information content (AvgIpc) is 2.42. The van der Waals surface area contributed by atoms with Crippen LogP contribution in [-0.2, 0) is 0 Å². The summed E-state index contributed by atoms with van der Waals surface area (Å²) < 4.78 is 35.9. The number of rotatable bonds is 1. The Hall–Kier alpha value is -0.290. The highest BCUT2D eigenvalue weighted by Gasteiger charge is 2.42. The maximum Gasteiger partial charge on any atom is 0.401 e. The molecule has 2 aliphatic heterocycles. The van der Waals surface area contributed by atoms with E-state index in [1.165, 1.54) is 4.90 Å². The van der Waals surface area contributed by atoms with Crippen LogP contribution in [0.1, 0.15) is 6.42 Å². The summed E-state index contributed by atoms with van der Waals surface area (Å²) in [4.78, 5) is 1.53. The summed E-state index contributed by atoms with van der Waals surface area (Å²) in [7, 11) is 0. The summed E-state index contributed by atoms with van der Waals surface area (Å²) in [5.74, 6) is 0. The van der Waals surface area contributed by atoms with Crippen LogP contribution in [0, 0.1) is 0 Å². The minimum atomic E-state index is -4.04. The molecule has 1 N–H and O–H groups in total. The normalized spacial score (nSPS) is 36.2. The Balaban J connectivity index is 1.91. The van der Waals surface area contributed by atoms with E-state index in [2.05, 4.69) is 5.32 Å². The van der Waals surface area contributed by atoms with Gasteiger partial charge in [-0.05, 0) is 6.42 Å². The van der Waals surface area contributed by atoms with Crippen LogP contribution in [0.15, 0.2) is 0 Å². The van der Waals surface area contributed by atoms with E-state index in [9.17, 15) is 13.2 Å². The van der Waals surface area contributed by atoms with Crippen molar-refractivity contribution in [3.8, 4) is 0 Å². The van der Waals surface area contributed by atoms with Crippen molar-refractivity contribution in [3.05, 3.63) is 0 Å². The third-order valence-electron chi connectivity index (χ3n) is 2.55. The molecule has 2 saturated heterocycles. The number of alkyl halides is 3. The van der Waals surface area contributed by atoms with Gasteiger partial charge in [0.15, 0.2) is 0 Å². The Kier molecular flexibility index (Phi) is 1.80. The van der Waals surface area contributed by atoms with Crippen LogP contribution in [0.25, 0.3) is 0 Å². The van der Waals surface area contributed by atoms with Gasteiger partial charge in [0, 0.05) is 25.2 Å². The topological polar surface area (TPSA) is 15.3 Å². The highest BCUT2D eigenvalue weighted by atomic mass is 19.4. The first-order chi connectivity index (χ1) is 5.54. The minimum Gasteiger partial charge on any atom is -0.311 e. The van der Waals surface area contributed by atoms with Crippen LogP contribution < -0.4 is 5.32 Å². The molecule has 0 spiro atoms. The Labute approximate surface area is 68.7 Å². The summed E-state index contributed by atoms with van der Waals surface area (Å²) in [6, 6.07) is 0.425. The fraction of sp³-hybridized carbons (Fsp3) is 1.00. The molecule has 0 amide bonds. The van der Waals surface area contributed by atoms with E-state index < -0.39 is 12.7 Å². The van der Waals surface area contributed by atoms with Crippen LogP contribution in [0.3, 0.4) is 0 Å². The number of nitrogens with zero attached hydrogens (tertiary/aromatic N) is 1. The van der Waals surface area contributed by atoms with Crippen LogP contribution in [0.5, 0.6) is 0 Å². The number of hydrogen-bond acceptors (Lipinski definition) is 2. The maximum absolute atomic E-state index is 12.0. The monoisotopic (exact) mass is 180 g/mol. The third kappa shape index (κ3) is 1.56. The van der Waals surface area contributed by atoms with Gasteiger partial charge in [0.2, 0.25) is 0 Å². The molecule has 70 valence electrons. The maximum atomic E-state index is 12.0. The average molecular weight is 180 g/mol. The lowest BCUT2D eigenvalue weighted by atomic mass is 10.2. The molecule has 0 aliphatic carbocycles. The van der Waals surface area contributed by atoms with Gasteiger partial charge in [0.25, 0.3) is 0 Å². The smallest absolute Gasteiger partial charge is 0.311 e. The van der Waals surface area contributed by atoms with Gasteiger partial charge in [-0.1, -0.05) is 0 Å². The van der Waals surface area contributed by atoms with Gasteiger partial charge >= 0.3 is 6.18 Å². The Bertz CT molecular complexity index is 180. The predicted molar refractivity (Wildman–Crippen MR) is 37.8 cm³/mol. The lowest BCUT2D eigenvalue weighted by Gasteiger charge is -2.27. The van der Waals surface area contributed by atoms with Crippen molar-refractivity contribution in [1.82, 2.24) is 10.2 Å². The highest BCUT2D eigenvalue weighted by molar-refractivity contribution is 4.97. The molecule has 0 unspecified atom stereocenters. The lowest BCUT2D eigenvalue weighted by molar-refractivity contribution is -0.148. The summed E-state index contributed by atoms with van der Waals surface area (Å²) in [5.41, 5.74) is 0. The second-order valence-corrected chi connectivity index (χ2v) is 3.54. The van der Waals surface area contributed by atoms with Crippen molar-refractivity contribution in [1.29, 1.82) is 0 Å². The zero-order chi connectivity index (χ0) is 8.77. The van der Waals surface area contributed by atoms with Gasteiger partial charge < -0.3 is 5.32 Å². The van der Waals surface area contributed by atoms with E-state index in [4.69, 9.17) is 0 Å². The number of halogens is 3. The molecular formula is C7H11F3N2. The molecule has 0 aromatic heterocycles. The van der Waals surface area contributed by atoms with Gasteiger partial charge in [-0.15, -0.1) is 0 Å². The molecule has 0 radical (unpaired) electrons. The summed E-state index contributed by atoms with van der Waals surface area (Å²) in [6.45, 7) is 0.542. The Morgan fingerprint density at radius 3 is 2.58 bits per heavy atom. The molecule has 0 saturated carbocycles. The van der Waals surface area contributed by atoms with E-state index >= 15 is 0 Å². The minimum absolute atomic E-state index is 0.122. The zero-order valence-electron chi connectivity index (χ0n) is 6.56. The molecule has 0 aromatic rings. The first kappa shape index (κ1) is 8.31. The molecular weight excluding hydrogens is 169 g/mol. The summed E-state index contributed by atoms with van der Waals surface area (Å²) in [5, 5.41) is 3.16. The molecule has 2 fully saturated rings. The van der Waals surface area contributed by atoms with Crippen molar-refractivity contribution in [2.45, 2.75) is 24.7 Å². The molecule has 2 aliphatic rings. The number of likely N-dealkylation sites (tertiary alicyclic amines) is 1. The first-order valence-corrected chi connectivity index (χ1v) is 4.09. The van der Waals surface area contributed by atoms with Gasteiger partial charge in [0.1, 0.15) is 0 Å². The molecule has 5 heteroatoms. The second kappa shape index (κ2) is 2.60. The number of hydrogen-bond donors (Lipinski definition) is 1. The van der Waals surface area contributed by atoms with Crippen LogP contribution >= 0.6 is 0 Å². The number of nitrogens with one attached hydrogen (secondary N) is 1. The molecule has 2 nitrogen and oxygen atoms in total. The third-order valence-corrected chi connectivity index (χ3v) is 2.55. The summed E-state index contributed by atoms with van der Waals surface area (Å²) in [6.07, 6.45) is -3.15. The van der Waals surface area contributed by atoms with Crippen molar-refractivity contribution < 1.29 is 13.2 Å². The predicted octanol–water partition coefficient (Wildman–Crippen LogP) is 0.595. The Morgan fingerprint density at radius 1 is 1.42 bits per heavy atom. The highest BCUT2D eigenvalue weighted by Crippen LogP contribution is 2.27. The summed E-state index contributed by atoms with van der Waals surface area (Å²) >= 11 is 0. The van der Waals surface area contributed by atoms with Crippen LogP contribution in [0.4, 0.5) is 13.2 Å². The van der Waals surface area contributed by atoms with Crippen molar-refractivity contribution in [2.75, 3.05) is 19.6 Å². The number of piperazine rings is 1. The van der Waals surface area contributed by atoms with Crippen LogP contribution in [-0.4, -0.2) is 42.8 Å². The molecule has 12 heavy (non-hydrogen) atoms. The Morgan fingerprint density at radius 2 is 2.17 bits per heavy atom. The van der Waals surface area contributed by atoms with Crippen LogP contribution in [0.2, 0.25) is 0 Å². The van der Waals surface area contributed by atoms with Gasteiger partial charge in [0.05, 0.1) is 6.54 Å². The fourth-order valence-corrected chi connectivity index (χ4v) is 2.07. The van der Waals surface area contributed by atoms with Crippen molar-refractivity contribution in [3.63, 3.8) is 0 Å². The first-order valence-electron chi connectivity index (χ1n) is 4.09. The van der Waals surface area contributed by atoms with E-state index in [0.717, 1.165) is 13.0 Å². The standard InChI is InChI=1S/C7H11F3N2/c8-7(9,10)4-12-3-5-1-6(12)2-11-5/h5-6,11H,1-4H2/t5-,6-/m0/s1. The van der Waals surface area contributed by atoms with E-state index in [1.54, 1.807) is 0 Å². The number of fused-ring (bicyclic) bond motifs is 2. The van der Waals surface area contributed by atoms with Gasteiger partial charge in [-0.2, -0.15) is 13.2 Å². The molecule has 2 heterocycles. The van der Waals surface area contributed by atoms with E-state index in [-0.39, 0.29) is 6.04 Å². The van der Waals surface area contributed by atoms with Crippen molar-refractivity contribution in [2.24, 2.45) is 0 Å². The van der Waals surface area contributed by atoms with E-state index in [0.29, 0.717) is 12.6 Å². The van der Waals surface area contributed by atoms with Crippen molar-refractivity contribution >= 4 is 0 Å². The molecule has 2 rings (SSSR count). The molecule has 2 bridgehead atoms.